The van der Waals surface area contributed by atoms with Crippen molar-refractivity contribution in [1.29, 1.82) is 0 Å². The summed E-state index contributed by atoms with van der Waals surface area (Å²) in [7, 11) is 0. The Kier molecular flexibility index (Phi) is 4.22. The predicted molar refractivity (Wildman–Crippen MR) is 66.5 cm³/mol. The van der Waals surface area contributed by atoms with Crippen LogP contribution in [0.15, 0.2) is 24.3 Å². The average Bonchev–Trinajstić information content (AvgIpc) is 2.28. The Morgan fingerprint density at radius 3 is 2.69 bits per heavy atom. The molecule has 0 unspecified atom stereocenters. The average molecular weight is 240 g/mol. The highest BCUT2D eigenvalue weighted by Crippen LogP contribution is 2.21. The van der Waals surface area contributed by atoms with Crippen LogP contribution in [-0.2, 0) is 11.3 Å². The zero-order valence-electron chi connectivity index (χ0n) is 9.36. The predicted octanol–water partition coefficient (Wildman–Crippen LogP) is 3.13. The van der Waals surface area contributed by atoms with Crippen LogP contribution in [0.4, 0.5) is 0 Å². The van der Waals surface area contributed by atoms with Gasteiger partial charge in [-0.3, -0.25) is 0 Å². The first kappa shape index (κ1) is 11.9. The Balaban J connectivity index is 1.79. The van der Waals surface area contributed by atoms with Crippen LogP contribution >= 0.6 is 11.6 Å². The second-order valence-electron chi connectivity index (χ2n) is 4.48. The van der Waals surface area contributed by atoms with E-state index in [2.05, 4.69) is 0 Å². The van der Waals surface area contributed by atoms with Crippen molar-refractivity contribution >= 4 is 11.6 Å². The van der Waals surface area contributed by atoms with Crippen molar-refractivity contribution < 1.29 is 4.74 Å². The molecule has 0 aromatic heterocycles. The zero-order chi connectivity index (χ0) is 11.4. The minimum absolute atomic E-state index is 0.374. The first-order valence-corrected chi connectivity index (χ1v) is 6.23. The number of rotatable bonds is 3. The number of benzene rings is 1. The fourth-order valence-electron chi connectivity index (χ4n) is 2.10. The van der Waals surface area contributed by atoms with E-state index in [0.717, 1.165) is 36.3 Å². The van der Waals surface area contributed by atoms with Crippen molar-refractivity contribution in [1.82, 2.24) is 0 Å². The second-order valence-corrected chi connectivity index (χ2v) is 4.91. The van der Waals surface area contributed by atoms with E-state index in [1.54, 1.807) is 0 Å². The molecule has 16 heavy (non-hydrogen) atoms. The molecule has 0 radical (unpaired) electrons. The van der Waals surface area contributed by atoms with Crippen LogP contribution in [0, 0.1) is 0 Å². The van der Waals surface area contributed by atoms with Gasteiger partial charge in [-0.05, 0) is 43.4 Å². The lowest BCUT2D eigenvalue weighted by Crippen LogP contribution is -2.30. The molecule has 0 heterocycles. The Bertz CT molecular complexity index is 334. The molecule has 3 heteroatoms. The Hall–Kier alpha value is -0.570. The summed E-state index contributed by atoms with van der Waals surface area (Å²) in [4.78, 5) is 0. The monoisotopic (exact) mass is 239 g/mol. The molecule has 1 saturated carbocycles. The van der Waals surface area contributed by atoms with E-state index in [1.807, 2.05) is 24.3 Å². The quantitative estimate of drug-likeness (QED) is 0.880. The highest BCUT2D eigenvalue weighted by molar-refractivity contribution is 6.30. The molecule has 0 amide bonds. The van der Waals surface area contributed by atoms with Gasteiger partial charge in [0.25, 0.3) is 0 Å². The molecule has 0 aliphatic heterocycles. The smallest absolute Gasteiger partial charge is 0.0721 e. The molecule has 1 aromatic rings. The first-order chi connectivity index (χ1) is 7.74. The van der Waals surface area contributed by atoms with Gasteiger partial charge in [-0.1, -0.05) is 23.7 Å². The van der Waals surface area contributed by atoms with E-state index in [-0.39, 0.29) is 0 Å². The molecule has 1 aliphatic rings. The van der Waals surface area contributed by atoms with Gasteiger partial charge in [-0.15, -0.1) is 0 Å². The molecular weight excluding hydrogens is 222 g/mol. The van der Waals surface area contributed by atoms with E-state index in [0.29, 0.717) is 18.8 Å². The van der Waals surface area contributed by atoms with E-state index >= 15 is 0 Å². The van der Waals surface area contributed by atoms with E-state index in [1.165, 1.54) is 0 Å². The lowest BCUT2D eigenvalue weighted by atomic mass is 9.94. The summed E-state index contributed by atoms with van der Waals surface area (Å²) in [5.41, 5.74) is 6.99. The Morgan fingerprint density at radius 2 is 2.00 bits per heavy atom. The van der Waals surface area contributed by atoms with Crippen LogP contribution in [0.3, 0.4) is 0 Å². The fraction of sp³-hybridized carbons (Fsp3) is 0.538. The van der Waals surface area contributed by atoms with Gasteiger partial charge in [0.2, 0.25) is 0 Å². The topological polar surface area (TPSA) is 35.2 Å². The zero-order valence-corrected chi connectivity index (χ0v) is 10.1. The van der Waals surface area contributed by atoms with Crippen molar-refractivity contribution in [2.75, 3.05) is 0 Å². The molecule has 0 bridgehead atoms. The summed E-state index contributed by atoms with van der Waals surface area (Å²) in [5, 5.41) is 0.770. The molecule has 2 N–H and O–H groups in total. The highest BCUT2D eigenvalue weighted by Gasteiger charge is 2.18. The van der Waals surface area contributed by atoms with Gasteiger partial charge in [0.05, 0.1) is 12.7 Å². The second kappa shape index (κ2) is 5.67. The van der Waals surface area contributed by atoms with E-state index in [9.17, 15) is 0 Å². The summed E-state index contributed by atoms with van der Waals surface area (Å²) in [5.74, 6) is 0. The van der Waals surface area contributed by atoms with Gasteiger partial charge in [-0.2, -0.15) is 0 Å². The third-order valence-corrected chi connectivity index (χ3v) is 3.33. The maximum absolute atomic E-state index is 5.91. The number of nitrogens with two attached hydrogens (primary N) is 1. The van der Waals surface area contributed by atoms with Crippen LogP contribution in [-0.4, -0.2) is 12.1 Å². The molecule has 1 fully saturated rings. The van der Waals surface area contributed by atoms with Crippen LogP contribution < -0.4 is 5.73 Å². The van der Waals surface area contributed by atoms with Crippen molar-refractivity contribution in [3.63, 3.8) is 0 Å². The standard InChI is InChI=1S/C13H18ClNO/c14-11-3-1-2-10(8-11)9-16-13-6-4-12(15)5-7-13/h1-3,8,12-13H,4-7,9,15H2. The van der Waals surface area contributed by atoms with Crippen LogP contribution in [0.25, 0.3) is 0 Å². The number of hydrogen-bond acceptors (Lipinski definition) is 2. The molecule has 0 spiro atoms. The molecule has 1 aliphatic carbocycles. The molecule has 0 saturated heterocycles. The molecule has 88 valence electrons. The van der Waals surface area contributed by atoms with Crippen molar-refractivity contribution in [3.05, 3.63) is 34.9 Å². The summed E-state index contributed by atoms with van der Waals surface area (Å²) in [6.07, 6.45) is 4.71. The SMILES string of the molecule is NC1CCC(OCc2cccc(Cl)c2)CC1. The van der Waals surface area contributed by atoms with Crippen LogP contribution in [0.5, 0.6) is 0 Å². The summed E-state index contributed by atoms with van der Waals surface area (Å²) >= 11 is 5.91. The van der Waals surface area contributed by atoms with Crippen LogP contribution in [0.1, 0.15) is 31.2 Å². The van der Waals surface area contributed by atoms with Gasteiger partial charge in [0, 0.05) is 11.1 Å². The van der Waals surface area contributed by atoms with Gasteiger partial charge in [-0.25, -0.2) is 0 Å². The molecule has 2 rings (SSSR count). The van der Waals surface area contributed by atoms with Gasteiger partial charge in [0.1, 0.15) is 0 Å². The lowest BCUT2D eigenvalue weighted by Gasteiger charge is -2.26. The number of ether oxygens (including phenoxy) is 1. The maximum Gasteiger partial charge on any atom is 0.0721 e. The van der Waals surface area contributed by atoms with Gasteiger partial charge >= 0.3 is 0 Å². The summed E-state index contributed by atoms with van der Waals surface area (Å²) in [6.45, 7) is 0.653. The van der Waals surface area contributed by atoms with Gasteiger partial charge in [0.15, 0.2) is 0 Å². The van der Waals surface area contributed by atoms with Gasteiger partial charge < -0.3 is 10.5 Å². The third kappa shape index (κ3) is 3.48. The highest BCUT2D eigenvalue weighted by atomic mass is 35.5. The number of halogens is 1. The minimum Gasteiger partial charge on any atom is -0.374 e. The lowest BCUT2D eigenvalue weighted by molar-refractivity contribution is 0.0138. The third-order valence-electron chi connectivity index (χ3n) is 3.09. The summed E-state index contributed by atoms with van der Waals surface area (Å²) < 4.78 is 5.86. The largest absolute Gasteiger partial charge is 0.374 e. The summed E-state index contributed by atoms with van der Waals surface area (Å²) in [6, 6.07) is 8.21. The maximum atomic E-state index is 5.91. The van der Waals surface area contributed by atoms with Crippen molar-refractivity contribution in [2.45, 2.75) is 44.4 Å². The Labute approximate surface area is 102 Å². The normalized spacial score (nSPS) is 25.6. The van der Waals surface area contributed by atoms with E-state index < -0.39 is 0 Å². The number of hydrogen-bond donors (Lipinski definition) is 1. The molecule has 2 nitrogen and oxygen atoms in total. The molecule has 0 atom stereocenters. The van der Waals surface area contributed by atoms with Crippen molar-refractivity contribution in [3.8, 4) is 0 Å². The van der Waals surface area contributed by atoms with E-state index in [4.69, 9.17) is 22.1 Å². The molecule has 1 aromatic carbocycles. The fourth-order valence-corrected chi connectivity index (χ4v) is 2.31. The Morgan fingerprint density at radius 1 is 1.25 bits per heavy atom. The first-order valence-electron chi connectivity index (χ1n) is 5.85. The van der Waals surface area contributed by atoms with Crippen molar-refractivity contribution in [2.24, 2.45) is 5.73 Å². The minimum atomic E-state index is 0.374. The molecular formula is C13H18ClNO. The van der Waals surface area contributed by atoms with Crippen LogP contribution in [0.2, 0.25) is 5.02 Å².